The van der Waals surface area contributed by atoms with Gasteiger partial charge in [0.25, 0.3) is 0 Å². The maximum atomic E-state index is 5.94. The van der Waals surface area contributed by atoms with E-state index in [1.54, 1.807) is 0 Å². The highest BCUT2D eigenvalue weighted by molar-refractivity contribution is 6.30. The first-order valence-corrected chi connectivity index (χ1v) is 7.65. The normalized spacial score (nSPS) is 20.1. The monoisotopic (exact) mass is 296 g/mol. The van der Waals surface area contributed by atoms with Crippen LogP contribution in [-0.2, 0) is 4.74 Å². The number of rotatable bonds is 5. The Balaban J connectivity index is 1.96. The summed E-state index contributed by atoms with van der Waals surface area (Å²) in [5.74, 6) is 0. The molecule has 112 valence electrons. The minimum atomic E-state index is 0.207. The van der Waals surface area contributed by atoms with Crippen LogP contribution >= 0.6 is 11.6 Å². The van der Waals surface area contributed by atoms with Gasteiger partial charge in [0, 0.05) is 36.4 Å². The quantitative estimate of drug-likeness (QED) is 0.903. The van der Waals surface area contributed by atoms with Crippen LogP contribution in [0, 0.1) is 0 Å². The Kier molecular flexibility index (Phi) is 5.44. The van der Waals surface area contributed by atoms with E-state index in [2.05, 4.69) is 43.4 Å². The summed E-state index contributed by atoms with van der Waals surface area (Å²) in [6, 6.07) is 8.40. The number of hydrogen-bond acceptors (Lipinski definition) is 3. The molecule has 0 unspecified atom stereocenters. The molecule has 0 amide bonds. The van der Waals surface area contributed by atoms with Crippen molar-refractivity contribution in [3.63, 3.8) is 0 Å². The lowest BCUT2D eigenvalue weighted by Crippen LogP contribution is -2.55. The van der Waals surface area contributed by atoms with Gasteiger partial charge in [0.2, 0.25) is 0 Å². The van der Waals surface area contributed by atoms with Crippen molar-refractivity contribution in [1.82, 2.24) is 10.2 Å². The third kappa shape index (κ3) is 3.73. The fraction of sp³-hybridized carbons (Fsp3) is 0.625. The molecule has 1 atom stereocenters. The molecule has 1 aromatic rings. The van der Waals surface area contributed by atoms with Gasteiger partial charge in [-0.1, -0.05) is 23.7 Å². The summed E-state index contributed by atoms with van der Waals surface area (Å²) < 4.78 is 5.51. The molecule has 0 aromatic heterocycles. The van der Waals surface area contributed by atoms with Crippen LogP contribution in [0.1, 0.15) is 31.4 Å². The molecule has 0 aliphatic carbocycles. The molecular formula is C16H25ClN2O. The van der Waals surface area contributed by atoms with Crippen LogP contribution < -0.4 is 5.32 Å². The van der Waals surface area contributed by atoms with Gasteiger partial charge in [-0.2, -0.15) is 0 Å². The maximum Gasteiger partial charge on any atom is 0.0484 e. The Morgan fingerprint density at radius 2 is 1.85 bits per heavy atom. The predicted octanol–water partition coefficient (Wildman–Crippen LogP) is 3.10. The third-order valence-electron chi connectivity index (χ3n) is 4.48. The van der Waals surface area contributed by atoms with E-state index in [1.165, 1.54) is 5.56 Å². The summed E-state index contributed by atoms with van der Waals surface area (Å²) in [6.07, 6.45) is 2.17. The van der Waals surface area contributed by atoms with E-state index in [4.69, 9.17) is 16.3 Å². The van der Waals surface area contributed by atoms with Crippen LogP contribution in [0.3, 0.4) is 0 Å². The zero-order chi connectivity index (χ0) is 14.6. The van der Waals surface area contributed by atoms with Crippen molar-refractivity contribution in [2.45, 2.75) is 31.3 Å². The number of halogens is 1. The Morgan fingerprint density at radius 1 is 1.25 bits per heavy atom. The highest BCUT2D eigenvalue weighted by atomic mass is 35.5. The standard InChI is InChI=1S/C16H25ClN2O/c1-13(14-4-6-15(17)7-5-14)18-12-16(19(2)3)8-10-20-11-9-16/h4-7,13,18H,8-12H2,1-3H3/t13-/m0/s1. The molecule has 1 fully saturated rings. The average molecular weight is 297 g/mol. The minimum Gasteiger partial charge on any atom is -0.381 e. The highest BCUT2D eigenvalue weighted by Gasteiger charge is 2.34. The Hall–Kier alpha value is -0.610. The molecule has 0 saturated carbocycles. The molecule has 3 nitrogen and oxygen atoms in total. The predicted molar refractivity (Wildman–Crippen MR) is 84.3 cm³/mol. The summed E-state index contributed by atoms with van der Waals surface area (Å²) in [4.78, 5) is 2.34. The lowest BCUT2D eigenvalue weighted by atomic mass is 9.88. The second-order valence-corrected chi connectivity index (χ2v) is 6.32. The number of nitrogens with zero attached hydrogens (tertiary/aromatic N) is 1. The summed E-state index contributed by atoms with van der Waals surface area (Å²) in [5.41, 5.74) is 1.48. The topological polar surface area (TPSA) is 24.5 Å². The molecule has 20 heavy (non-hydrogen) atoms. The van der Waals surface area contributed by atoms with Gasteiger partial charge in [0.15, 0.2) is 0 Å². The van der Waals surface area contributed by atoms with E-state index in [0.29, 0.717) is 6.04 Å². The second-order valence-electron chi connectivity index (χ2n) is 5.89. The first-order chi connectivity index (χ1) is 9.53. The van der Waals surface area contributed by atoms with Crippen molar-refractivity contribution in [1.29, 1.82) is 0 Å². The molecule has 1 saturated heterocycles. The molecule has 0 radical (unpaired) electrons. The Morgan fingerprint density at radius 3 is 2.40 bits per heavy atom. The van der Waals surface area contributed by atoms with Gasteiger partial charge in [0.1, 0.15) is 0 Å². The Labute approximate surface area is 127 Å². The van der Waals surface area contributed by atoms with Crippen LogP contribution in [0.4, 0.5) is 0 Å². The molecule has 4 heteroatoms. The molecule has 2 rings (SSSR count). The van der Waals surface area contributed by atoms with Gasteiger partial charge in [-0.05, 0) is 51.6 Å². The smallest absolute Gasteiger partial charge is 0.0484 e. The molecule has 1 N–H and O–H groups in total. The van der Waals surface area contributed by atoms with Crippen molar-refractivity contribution in [3.8, 4) is 0 Å². The molecule has 1 aliphatic heterocycles. The van der Waals surface area contributed by atoms with E-state index in [9.17, 15) is 0 Å². The summed E-state index contributed by atoms with van der Waals surface area (Å²) in [5, 5.41) is 4.46. The van der Waals surface area contributed by atoms with Gasteiger partial charge in [-0.25, -0.2) is 0 Å². The van der Waals surface area contributed by atoms with Crippen molar-refractivity contribution in [3.05, 3.63) is 34.9 Å². The Bertz CT molecular complexity index is 413. The lowest BCUT2D eigenvalue weighted by molar-refractivity contribution is -0.00806. The number of ether oxygens (including phenoxy) is 1. The summed E-state index contributed by atoms with van der Waals surface area (Å²) in [7, 11) is 4.33. The van der Waals surface area contributed by atoms with E-state index in [-0.39, 0.29) is 5.54 Å². The van der Waals surface area contributed by atoms with Crippen LogP contribution in [0.5, 0.6) is 0 Å². The lowest BCUT2D eigenvalue weighted by Gasteiger charge is -2.43. The molecule has 0 bridgehead atoms. The van der Waals surface area contributed by atoms with Crippen molar-refractivity contribution >= 4 is 11.6 Å². The van der Waals surface area contributed by atoms with Crippen LogP contribution in [0.25, 0.3) is 0 Å². The maximum absolute atomic E-state index is 5.94. The van der Waals surface area contributed by atoms with Gasteiger partial charge < -0.3 is 15.0 Å². The van der Waals surface area contributed by atoms with Crippen LogP contribution in [0.15, 0.2) is 24.3 Å². The van der Waals surface area contributed by atoms with Crippen molar-refractivity contribution in [2.24, 2.45) is 0 Å². The van der Waals surface area contributed by atoms with E-state index in [1.807, 2.05) is 12.1 Å². The van der Waals surface area contributed by atoms with Gasteiger partial charge in [-0.3, -0.25) is 0 Å². The molecular weight excluding hydrogens is 272 g/mol. The third-order valence-corrected chi connectivity index (χ3v) is 4.73. The largest absolute Gasteiger partial charge is 0.381 e. The first kappa shape index (κ1) is 15.8. The number of benzene rings is 1. The fourth-order valence-corrected chi connectivity index (χ4v) is 2.87. The molecule has 1 aromatic carbocycles. The van der Waals surface area contributed by atoms with E-state index in [0.717, 1.165) is 37.6 Å². The van der Waals surface area contributed by atoms with E-state index >= 15 is 0 Å². The van der Waals surface area contributed by atoms with Crippen LogP contribution in [0.2, 0.25) is 5.02 Å². The minimum absolute atomic E-state index is 0.207. The number of likely N-dealkylation sites (N-methyl/N-ethyl adjacent to an activating group) is 1. The average Bonchev–Trinajstić information content (AvgIpc) is 2.46. The van der Waals surface area contributed by atoms with Crippen molar-refractivity contribution < 1.29 is 4.74 Å². The molecule has 0 spiro atoms. The zero-order valence-electron chi connectivity index (χ0n) is 12.7. The van der Waals surface area contributed by atoms with E-state index < -0.39 is 0 Å². The van der Waals surface area contributed by atoms with Gasteiger partial charge >= 0.3 is 0 Å². The number of nitrogens with one attached hydrogen (secondary N) is 1. The molecule has 1 aliphatic rings. The highest BCUT2D eigenvalue weighted by Crippen LogP contribution is 2.26. The SMILES string of the molecule is C[C@H](NCC1(N(C)C)CCOCC1)c1ccc(Cl)cc1. The summed E-state index contributed by atoms with van der Waals surface area (Å²) in [6.45, 7) is 4.89. The zero-order valence-corrected chi connectivity index (χ0v) is 13.4. The van der Waals surface area contributed by atoms with Gasteiger partial charge in [-0.15, -0.1) is 0 Å². The summed E-state index contributed by atoms with van der Waals surface area (Å²) >= 11 is 5.94. The second kappa shape index (κ2) is 6.90. The number of hydrogen-bond donors (Lipinski definition) is 1. The first-order valence-electron chi connectivity index (χ1n) is 7.27. The fourth-order valence-electron chi connectivity index (χ4n) is 2.75. The van der Waals surface area contributed by atoms with Crippen molar-refractivity contribution in [2.75, 3.05) is 33.9 Å². The molecule has 1 heterocycles. The van der Waals surface area contributed by atoms with Crippen LogP contribution in [-0.4, -0.2) is 44.3 Å². The van der Waals surface area contributed by atoms with Gasteiger partial charge in [0.05, 0.1) is 0 Å².